The molecule has 5 heteroatoms. The van der Waals surface area contributed by atoms with E-state index in [2.05, 4.69) is 5.16 Å². The van der Waals surface area contributed by atoms with Crippen molar-refractivity contribution in [3.8, 4) is 28.0 Å². The van der Waals surface area contributed by atoms with Crippen LogP contribution in [0.4, 0.5) is 0 Å². The van der Waals surface area contributed by atoms with Gasteiger partial charge in [-0.2, -0.15) is 0 Å². The molecular weight excluding hydrogens is 348 g/mol. The summed E-state index contributed by atoms with van der Waals surface area (Å²) in [6.45, 7) is 3.93. The van der Waals surface area contributed by atoms with Crippen LogP contribution in [-0.2, 0) is 0 Å². The number of rotatable bonds is 3. The number of aromatic hydroxyl groups is 1. The first-order valence-electron chi connectivity index (χ1n) is 8.09. The molecule has 0 aliphatic rings. The molecule has 0 aliphatic heterocycles. The Kier molecular flexibility index (Phi) is 4.87. The van der Waals surface area contributed by atoms with Gasteiger partial charge in [-0.1, -0.05) is 46.6 Å². The fourth-order valence-corrected chi connectivity index (χ4v) is 3.24. The highest BCUT2D eigenvalue weighted by molar-refractivity contribution is 6.34. The molecule has 0 fully saturated rings. The number of oxime groups is 1. The van der Waals surface area contributed by atoms with E-state index in [1.54, 1.807) is 12.1 Å². The van der Waals surface area contributed by atoms with Gasteiger partial charge in [0, 0.05) is 21.7 Å². The maximum atomic E-state index is 9.61. The maximum absolute atomic E-state index is 9.61. The van der Waals surface area contributed by atoms with Gasteiger partial charge in [0.2, 0.25) is 0 Å². The van der Waals surface area contributed by atoms with Crippen LogP contribution in [0.25, 0.3) is 22.3 Å². The largest absolute Gasteiger partial charge is 0.508 e. The van der Waals surface area contributed by atoms with Crippen LogP contribution in [0.1, 0.15) is 16.7 Å². The molecule has 0 atom stereocenters. The Morgan fingerprint density at radius 3 is 2.23 bits per heavy atom. The lowest BCUT2D eigenvalue weighted by Crippen LogP contribution is -2.15. The summed E-state index contributed by atoms with van der Waals surface area (Å²) in [7, 11) is 0. The summed E-state index contributed by atoms with van der Waals surface area (Å²) >= 11 is 6.49. The van der Waals surface area contributed by atoms with Crippen LogP contribution in [0.5, 0.6) is 5.75 Å². The Morgan fingerprint density at radius 2 is 1.58 bits per heavy atom. The van der Waals surface area contributed by atoms with E-state index in [9.17, 15) is 10.3 Å². The maximum Gasteiger partial charge on any atom is 0.170 e. The van der Waals surface area contributed by atoms with Gasteiger partial charge in [-0.3, -0.25) is 0 Å². The van der Waals surface area contributed by atoms with Gasteiger partial charge in [0.25, 0.3) is 0 Å². The molecule has 0 saturated heterocycles. The van der Waals surface area contributed by atoms with Crippen molar-refractivity contribution in [2.75, 3.05) is 0 Å². The minimum Gasteiger partial charge on any atom is -0.508 e. The van der Waals surface area contributed by atoms with Gasteiger partial charge in [-0.05, 0) is 60.9 Å². The van der Waals surface area contributed by atoms with Crippen molar-refractivity contribution < 1.29 is 10.3 Å². The van der Waals surface area contributed by atoms with Crippen LogP contribution in [0.2, 0.25) is 5.02 Å². The molecule has 132 valence electrons. The van der Waals surface area contributed by atoms with E-state index in [1.165, 1.54) is 0 Å². The average molecular weight is 367 g/mol. The number of hydrogen-bond acceptors (Lipinski definition) is 3. The minimum absolute atomic E-state index is 0.0151. The molecule has 0 spiro atoms. The number of phenols is 1. The number of benzene rings is 3. The second-order valence-electron chi connectivity index (χ2n) is 6.25. The Labute approximate surface area is 157 Å². The Balaban J connectivity index is 2.42. The monoisotopic (exact) mass is 366 g/mol. The van der Waals surface area contributed by atoms with Crippen molar-refractivity contribution in [1.82, 2.24) is 0 Å². The third-order valence-electron chi connectivity index (χ3n) is 4.24. The summed E-state index contributed by atoms with van der Waals surface area (Å²) in [5.41, 5.74) is 12.0. The number of amidine groups is 1. The van der Waals surface area contributed by atoms with Crippen molar-refractivity contribution in [2.45, 2.75) is 13.8 Å². The highest BCUT2D eigenvalue weighted by Gasteiger charge is 2.19. The summed E-state index contributed by atoms with van der Waals surface area (Å²) in [6, 6.07) is 16.5. The molecule has 0 unspecified atom stereocenters. The van der Waals surface area contributed by atoms with E-state index in [1.807, 2.05) is 56.3 Å². The topological polar surface area (TPSA) is 78.8 Å². The lowest BCUT2D eigenvalue weighted by atomic mass is 9.88. The van der Waals surface area contributed by atoms with E-state index in [0.717, 1.165) is 33.4 Å². The highest BCUT2D eigenvalue weighted by Crippen LogP contribution is 2.40. The van der Waals surface area contributed by atoms with Crippen LogP contribution in [0, 0.1) is 13.8 Å². The standard InChI is InChI=1S/C21H19ClN2O2/c1-12-3-8-19(22)17(9-12)20-16(14-4-6-15(25)7-5-14)10-13(2)11-18(20)21(23)24-26/h3-11,25-26H,1-2H3,(H2,23,24). The molecule has 0 amide bonds. The number of nitrogens with zero attached hydrogens (tertiary/aromatic N) is 1. The van der Waals surface area contributed by atoms with E-state index in [-0.39, 0.29) is 11.6 Å². The smallest absolute Gasteiger partial charge is 0.170 e. The lowest BCUT2D eigenvalue weighted by molar-refractivity contribution is 0.318. The summed E-state index contributed by atoms with van der Waals surface area (Å²) in [5.74, 6) is 0.203. The highest BCUT2D eigenvalue weighted by atomic mass is 35.5. The molecule has 0 heterocycles. The van der Waals surface area contributed by atoms with E-state index < -0.39 is 0 Å². The first-order chi connectivity index (χ1) is 12.4. The molecule has 0 aliphatic carbocycles. The van der Waals surface area contributed by atoms with Gasteiger partial charge in [0.05, 0.1) is 0 Å². The lowest BCUT2D eigenvalue weighted by Gasteiger charge is -2.18. The second-order valence-corrected chi connectivity index (χ2v) is 6.66. The predicted octanol–water partition coefficient (Wildman–Crippen LogP) is 5.09. The van der Waals surface area contributed by atoms with Gasteiger partial charge in [-0.25, -0.2) is 0 Å². The minimum atomic E-state index is 0.0151. The van der Waals surface area contributed by atoms with Crippen molar-refractivity contribution in [3.05, 3.63) is 76.3 Å². The summed E-state index contributed by atoms with van der Waals surface area (Å²) in [6.07, 6.45) is 0. The van der Waals surface area contributed by atoms with Crippen LogP contribution in [0.3, 0.4) is 0 Å². The Hall–Kier alpha value is -2.98. The number of nitrogens with two attached hydrogens (primary N) is 1. The molecule has 0 bridgehead atoms. The van der Waals surface area contributed by atoms with Crippen molar-refractivity contribution in [3.63, 3.8) is 0 Å². The molecule has 0 radical (unpaired) electrons. The third kappa shape index (κ3) is 3.37. The number of aryl methyl sites for hydroxylation is 2. The molecule has 3 rings (SSSR count). The van der Waals surface area contributed by atoms with Crippen LogP contribution in [0.15, 0.2) is 59.8 Å². The van der Waals surface area contributed by atoms with Crippen molar-refractivity contribution >= 4 is 17.4 Å². The quantitative estimate of drug-likeness (QED) is 0.261. The zero-order chi connectivity index (χ0) is 18.8. The molecule has 26 heavy (non-hydrogen) atoms. The fraction of sp³-hybridized carbons (Fsp3) is 0.0952. The predicted molar refractivity (Wildman–Crippen MR) is 106 cm³/mol. The molecule has 3 aromatic rings. The fourth-order valence-electron chi connectivity index (χ4n) is 3.03. The zero-order valence-corrected chi connectivity index (χ0v) is 15.2. The summed E-state index contributed by atoms with van der Waals surface area (Å²) in [4.78, 5) is 0. The first-order valence-corrected chi connectivity index (χ1v) is 8.47. The zero-order valence-electron chi connectivity index (χ0n) is 14.5. The summed E-state index contributed by atoms with van der Waals surface area (Å²) in [5, 5.41) is 22.7. The van der Waals surface area contributed by atoms with Gasteiger partial charge >= 0.3 is 0 Å². The van der Waals surface area contributed by atoms with Crippen LogP contribution >= 0.6 is 11.6 Å². The van der Waals surface area contributed by atoms with E-state index in [4.69, 9.17) is 17.3 Å². The van der Waals surface area contributed by atoms with Gasteiger partial charge in [0.15, 0.2) is 5.84 Å². The van der Waals surface area contributed by atoms with E-state index >= 15 is 0 Å². The second kappa shape index (κ2) is 7.10. The normalized spacial score (nSPS) is 11.6. The molecule has 4 N–H and O–H groups in total. The number of phenolic OH excluding ortho intramolecular Hbond substituents is 1. The van der Waals surface area contributed by atoms with Crippen LogP contribution < -0.4 is 5.73 Å². The van der Waals surface area contributed by atoms with E-state index in [0.29, 0.717) is 10.6 Å². The van der Waals surface area contributed by atoms with Crippen LogP contribution in [-0.4, -0.2) is 16.1 Å². The number of halogens is 1. The Bertz CT molecular complexity index is 996. The van der Waals surface area contributed by atoms with Gasteiger partial charge < -0.3 is 16.0 Å². The summed E-state index contributed by atoms with van der Waals surface area (Å²) < 4.78 is 0. The number of hydrogen-bond donors (Lipinski definition) is 3. The van der Waals surface area contributed by atoms with Gasteiger partial charge in [0.1, 0.15) is 5.75 Å². The van der Waals surface area contributed by atoms with Crippen molar-refractivity contribution in [2.24, 2.45) is 10.9 Å². The molecule has 3 aromatic carbocycles. The average Bonchev–Trinajstić information content (AvgIpc) is 2.63. The molecular formula is C21H19ClN2O2. The molecule has 0 saturated carbocycles. The first kappa shape index (κ1) is 17.8. The third-order valence-corrected chi connectivity index (χ3v) is 4.57. The molecule has 0 aromatic heterocycles. The molecule has 4 nitrogen and oxygen atoms in total. The van der Waals surface area contributed by atoms with Gasteiger partial charge in [-0.15, -0.1) is 0 Å². The SMILES string of the molecule is Cc1ccc(Cl)c(-c2c(/C(N)=N/O)cc(C)cc2-c2ccc(O)cc2)c1. The van der Waals surface area contributed by atoms with Crippen molar-refractivity contribution in [1.29, 1.82) is 0 Å². The Morgan fingerprint density at radius 1 is 0.923 bits per heavy atom.